The molecule has 1 aliphatic heterocycles. The van der Waals surface area contributed by atoms with E-state index >= 15 is 0 Å². The van der Waals surface area contributed by atoms with Crippen LogP contribution in [0, 0.1) is 0 Å². The molecule has 7 nitrogen and oxygen atoms in total. The van der Waals surface area contributed by atoms with Crippen molar-refractivity contribution in [1.29, 1.82) is 0 Å². The molecule has 2 N–H and O–H groups in total. The van der Waals surface area contributed by atoms with Crippen molar-refractivity contribution in [3.8, 4) is 0 Å². The Morgan fingerprint density at radius 1 is 1.22 bits per heavy atom. The molecule has 0 aromatic carbocycles. The molecule has 4 heterocycles. The third-order valence-electron chi connectivity index (χ3n) is 3.63. The van der Waals surface area contributed by atoms with Crippen molar-refractivity contribution in [3.05, 3.63) is 36.1 Å². The molecule has 3 aromatic heterocycles. The number of hydrogen-bond donors (Lipinski definition) is 2. The fourth-order valence-electron chi connectivity index (χ4n) is 2.51. The van der Waals surface area contributed by atoms with Crippen molar-refractivity contribution in [2.45, 2.75) is 0 Å². The van der Waals surface area contributed by atoms with Gasteiger partial charge < -0.3 is 15.5 Å². The van der Waals surface area contributed by atoms with Crippen LogP contribution in [0.5, 0.6) is 0 Å². The fourth-order valence-corrected chi connectivity index (χ4v) is 3.24. The van der Waals surface area contributed by atoms with Crippen molar-refractivity contribution in [3.63, 3.8) is 0 Å². The Kier molecular flexibility index (Phi) is 3.51. The van der Waals surface area contributed by atoms with E-state index in [0.29, 0.717) is 13.1 Å². The van der Waals surface area contributed by atoms with Crippen LogP contribution in [0.15, 0.2) is 36.1 Å². The summed E-state index contributed by atoms with van der Waals surface area (Å²) in [5.74, 6) is 1.60. The molecular formula is C15H14N6OS. The van der Waals surface area contributed by atoms with Gasteiger partial charge in [-0.2, -0.15) is 0 Å². The van der Waals surface area contributed by atoms with Crippen LogP contribution in [-0.2, 0) is 4.79 Å². The number of piperazine rings is 1. The first-order valence-electron chi connectivity index (χ1n) is 7.22. The third-order valence-corrected chi connectivity index (χ3v) is 4.46. The summed E-state index contributed by atoms with van der Waals surface area (Å²) in [4.78, 5) is 27.3. The van der Waals surface area contributed by atoms with Gasteiger partial charge in [0, 0.05) is 13.1 Å². The molecule has 8 heteroatoms. The van der Waals surface area contributed by atoms with Gasteiger partial charge in [0.15, 0.2) is 0 Å². The average Bonchev–Trinajstić information content (AvgIpc) is 3.05. The van der Waals surface area contributed by atoms with Gasteiger partial charge in [-0.1, -0.05) is 0 Å². The SMILES string of the molecule is O=C1CN(c2ccc(Nc3ncnc4sccc34)cn2)CCN1. The molecule has 0 spiro atoms. The Morgan fingerprint density at radius 2 is 2.17 bits per heavy atom. The average molecular weight is 326 g/mol. The quantitative estimate of drug-likeness (QED) is 0.763. The van der Waals surface area contributed by atoms with Crippen LogP contribution in [0.3, 0.4) is 0 Å². The Balaban J connectivity index is 1.54. The molecule has 1 aliphatic rings. The van der Waals surface area contributed by atoms with Crippen LogP contribution in [0.1, 0.15) is 0 Å². The molecule has 0 saturated carbocycles. The molecule has 3 aromatic rings. The van der Waals surface area contributed by atoms with Crippen molar-refractivity contribution < 1.29 is 4.79 Å². The van der Waals surface area contributed by atoms with Crippen LogP contribution >= 0.6 is 11.3 Å². The van der Waals surface area contributed by atoms with Crippen LogP contribution in [0.2, 0.25) is 0 Å². The molecule has 1 fully saturated rings. The highest BCUT2D eigenvalue weighted by Gasteiger charge is 2.17. The number of nitrogens with one attached hydrogen (secondary N) is 2. The van der Waals surface area contributed by atoms with Crippen molar-refractivity contribution in [2.24, 2.45) is 0 Å². The van der Waals surface area contributed by atoms with Crippen LogP contribution in [0.25, 0.3) is 10.2 Å². The van der Waals surface area contributed by atoms with Gasteiger partial charge in [-0.3, -0.25) is 4.79 Å². The van der Waals surface area contributed by atoms with Crippen molar-refractivity contribution in [2.75, 3.05) is 29.9 Å². The Morgan fingerprint density at radius 3 is 3.00 bits per heavy atom. The number of rotatable bonds is 3. The van der Waals surface area contributed by atoms with E-state index in [1.165, 1.54) is 0 Å². The maximum absolute atomic E-state index is 11.4. The summed E-state index contributed by atoms with van der Waals surface area (Å²) in [7, 11) is 0. The number of nitrogens with zero attached hydrogens (tertiary/aromatic N) is 4. The first-order valence-corrected chi connectivity index (χ1v) is 8.10. The highest BCUT2D eigenvalue weighted by molar-refractivity contribution is 7.16. The normalized spacial score (nSPS) is 14.8. The Bertz CT molecular complexity index is 847. The zero-order chi connectivity index (χ0) is 15.6. The number of aromatic nitrogens is 3. The minimum absolute atomic E-state index is 0.0288. The van der Waals surface area contributed by atoms with E-state index in [0.717, 1.165) is 34.1 Å². The highest BCUT2D eigenvalue weighted by atomic mass is 32.1. The number of pyridine rings is 1. The van der Waals surface area contributed by atoms with E-state index in [-0.39, 0.29) is 5.91 Å². The predicted octanol–water partition coefficient (Wildman–Crippen LogP) is 1.77. The number of amides is 1. The standard InChI is InChI=1S/C15H14N6OS/c22-13-8-21(5-4-16-13)12-2-1-10(7-17-12)20-14-11-3-6-23-15(11)19-9-18-14/h1-3,6-7,9H,4-5,8H2,(H,16,22)(H,18,19,20). The summed E-state index contributed by atoms with van der Waals surface area (Å²) < 4.78 is 0. The van der Waals surface area contributed by atoms with Crippen LogP contribution in [-0.4, -0.2) is 40.5 Å². The third kappa shape index (κ3) is 2.80. The zero-order valence-electron chi connectivity index (χ0n) is 12.2. The van der Waals surface area contributed by atoms with E-state index < -0.39 is 0 Å². The number of anilines is 3. The zero-order valence-corrected chi connectivity index (χ0v) is 13.0. The van der Waals surface area contributed by atoms with Crippen LogP contribution in [0.4, 0.5) is 17.3 Å². The monoisotopic (exact) mass is 326 g/mol. The molecule has 116 valence electrons. The number of thiophene rings is 1. The first kappa shape index (κ1) is 13.9. The Hall–Kier alpha value is -2.74. The van der Waals surface area contributed by atoms with E-state index in [4.69, 9.17) is 0 Å². The molecule has 0 bridgehead atoms. The smallest absolute Gasteiger partial charge is 0.239 e. The maximum Gasteiger partial charge on any atom is 0.239 e. The van der Waals surface area contributed by atoms with E-state index in [1.807, 2.05) is 28.5 Å². The van der Waals surface area contributed by atoms with E-state index in [1.54, 1.807) is 23.9 Å². The number of fused-ring (bicyclic) bond motifs is 1. The molecule has 0 radical (unpaired) electrons. The highest BCUT2D eigenvalue weighted by Crippen LogP contribution is 2.26. The second-order valence-electron chi connectivity index (χ2n) is 5.16. The van der Waals surface area contributed by atoms with Gasteiger partial charge in [-0.05, 0) is 23.6 Å². The lowest BCUT2D eigenvalue weighted by Crippen LogP contribution is -2.48. The minimum atomic E-state index is 0.0288. The van der Waals surface area contributed by atoms with Gasteiger partial charge in [-0.25, -0.2) is 15.0 Å². The lowest BCUT2D eigenvalue weighted by Gasteiger charge is -2.27. The molecule has 4 rings (SSSR count). The number of carbonyl (C=O) groups excluding carboxylic acids is 1. The fraction of sp³-hybridized carbons (Fsp3) is 0.200. The summed E-state index contributed by atoms with van der Waals surface area (Å²) in [6.45, 7) is 1.77. The summed E-state index contributed by atoms with van der Waals surface area (Å²) in [6, 6.07) is 5.85. The molecule has 0 unspecified atom stereocenters. The molecule has 0 aliphatic carbocycles. The topological polar surface area (TPSA) is 83.0 Å². The predicted molar refractivity (Wildman–Crippen MR) is 90.2 cm³/mol. The molecule has 1 amide bonds. The van der Waals surface area contributed by atoms with Gasteiger partial charge in [0.2, 0.25) is 5.91 Å². The van der Waals surface area contributed by atoms with Gasteiger partial charge >= 0.3 is 0 Å². The summed E-state index contributed by atoms with van der Waals surface area (Å²) in [6.07, 6.45) is 3.30. The van der Waals surface area contributed by atoms with Gasteiger partial charge in [0.25, 0.3) is 0 Å². The van der Waals surface area contributed by atoms with E-state index in [9.17, 15) is 4.79 Å². The van der Waals surface area contributed by atoms with Crippen LogP contribution < -0.4 is 15.5 Å². The second kappa shape index (κ2) is 5.81. The first-order chi connectivity index (χ1) is 11.3. The number of hydrogen-bond acceptors (Lipinski definition) is 7. The summed E-state index contributed by atoms with van der Waals surface area (Å²) in [5.41, 5.74) is 0.849. The summed E-state index contributed by atoms with van der Waals surface area (Å²) in [5, 5.41) is 9.06. The van der Waals surface area contributed by atoms with Gasteiger partial charge in [0.05, 0.1) is 23.8 Å². The lowest BCUT2D eigenvalue weighted by molar-refractivity contribution is -0.120. The summed E-state index contributed by atoms with van der Waals surface area (Å²) >= 11 is 1.58. The molecule has 0 atom stereocenters. The van der Waals surface area contributed by atoms with Gasteiger partial charge in [0.1, 0.15) is 22.8 Å². The lowest BCUT2D eigenvalue weighted by atomic mass is 10.3. The number of carbonyl (C=O) groups is 1. The molecular weight excluding hydrogens is 312 g/mol. The largest absolute Gasteiger partial charge is 0.353 e. The minimum Gasteiger partial charge on any atom is -0.353 e. The second-order valence-corrected chi connectivity index (χ2v) is 6.06. The van der Waals surface area contributed by atoms with Crippen molar-refractivity contribution >= 4 is 44.8 Å². The molecule has 23 heavy (non-hydrogen) atoms. The maximum atomic E-state index is 11.4. The van der Waals surface area contributed by atoms with Gasteiger partial charge in [-0.15, -0.1) is 11.3 Å². The Labute approximate surface area is 136 Å². The van der Waals surface area contributed by atoms with E-state index in [2.05, 4.69) is 25.6 Å². The molecule has 1 saturated heterocycles. The van der Waals surface area contributed by atoms with Crippen molar-refractivity contribution in [1.82, 2.24) is 20.3 Å².